The second-order valence-electron chi connectivity index (χ2n) is 9.43. The average Bonchev–Trinajstić information content (AvgIpc) is 3.68. The number of alkyl halides is 3. The van der Waals surface area contributed by atoms with Crippen LogP contribution in [0.15, 0.2) is 72.7 Å². The molecule has 2 aliphatic rings. The standard InChI is InChI=1S/C28H26F3N3O/c29-28(30,31)23-8-11-25(33-18-23)27(12-13-27)22-5-1-3-20(16-22)15-19-6-9-24(10-7-19)34-26(35)21-4-2-14-32-17-21/h1-5,8,11,14-18,24H,6-7,9-10,12-13H2,(H,34,35). The van der Waals surface area contributed by atoms with Crippen LogP contribution in [0.2, 0.25) is 0 Å². The van der Waals surface area contributed by atoms with Crippen LogP contribution in [0, 0.1) is 0 Å². The molecule has 7 heteroatoms. The maximum absolute atomic E-state index is 12.9. The highest BCUT2D eigenvalue weighted by molar-refractivity contribution is 5.94. The van der Waals surface area contributed by atoms with Crippen molar-refractivity contribution in [3.63, 3.8) is 0 Å². The second-order valence-corrected chi connectivity index (χ2v) is 9.43. The maximum Gasteiger partial charge on any atom is 0.417 e. The molecular weight excluding hydrogens is 451 g/mol. The Balaban J connectivity index is 1.24. The van der Waals surface area contributed by atoms with Crippen molar-refractivity contribution in [2.24, 2.45) is 0 Å². The molecule has 1 aromatic carbocycles. The molecule has 180 valence electrons. The minimum absolute atomic E-state index is 0.0881. The third-order valence-electron chi connectivity index (χ3n) is 7.03. The van der Waals surface area contributed by atoms with Crippen molar-refractivity contribution in [1.29, 1.82) is 0 Å². The van der Waals surface area contributed by atoms with Gasteiger partial charge in [0.25, 0.3) is 5.91 Å². The number of nitrogens with one attached hydrogen (secondary N) is 1. The van der Waals surface area contributed by atoms with E-state index in [-0.39, 0.29) is 17.4 Å². The molecule has 3 aromatic rings. The normalized spacial score (nSPS) is 19.2. The number of rotatable bonds is 5. The predicted molar refractivity (Wildman–Crippen MR) is 128 cm³/mol. The van der Waals surface area contributed by atoms with Gasteiger partial charge in [-0.15, -0.1) is 0 Å². The minimum atomic E-state index is -4.38. The minimum Gasteiger partial charge on any atom is -0.349 e. The molecule has 0 saturated heterocycles. The molecule has 2 saturated carbocycles. The smallest absolute Gasteiger partial charge is 0.349 e. The van der Waals surface area contributed by atoms with Crippen LogP contribution in [0.5, 0.6) is 0 Å². The summed E-state index contributed by atoms with van der Waals surface area (Å²) in [7, 11) is 0. The molecule has 1 N–H and O–H groups in total. The fourth-order valence-corrected chi connectivity index (χ4v) is 4.87. The number of hydrogen-bond acceptors (Lipinski definition) is 3. The van der Waals surface area contributed by atoms with E-state index in [0.29, 0.717) is 11.3 Å². The zero-order valence-electron chi connectivity index (χ0n) is 19.2. The molecule has 35 heavy (non-hydrogen) atoms. The van der Waals surface area contributed by atoms with E-state index < -0.39 is 11.7 Å². The van der Waals surface area contributed by atoms with Crippen molar-refractivity contribution in [1.82, 2.24) is 15.3 Å². The number of aromatic nitrogens is 2. The summed E-state index contributed by atoms with van der Waals surface area (Å²) in [5.41, 5.74) is 3.77. The zero-order chi connectivity index (χ0) is 24.5. The first kappa shape index (κ1) is 23.3. The summed E-state index contributed by atoms with van der Waals surface area (Å²) in [6.45, 7) is 0. The lowest BCUT2D eigenvalue weighted by molar-refractivity contribution is -0.137. The van der Waals surface area contributed by atoms with Gasteiger partial charge in [-0.05, 0) is 73.9 Å². The topological polar surface area (TPSA) is 54.9 Å². The first-order chi connectivity index (χ1) is 16.8. The Morgan fingerprint density at radius 3 is 2.46 bits per heavy atom. The fourth-order valence-electron chi connectivity index (χ4n) is 4.87. The van der Waals surface area contributed by atoms with E-state index in [9.17, 15) is 18.0 Å². The summed E-state index contributed by atoms with van der Waals surface area (Å²) in [5.74, 6) is -0.0881. The Morgan fingerprint density at radius 1 is 1.03 bits per heavy atom. The predicted octanol–water partition coefficient (Wildman–Crippen LogP) is 6.33. The van der Waals surface area contributed by atoms with Gasteiger partial charge in [-0.2, -0.15) is 13.2 Å². The first-order valence-corrected chi connectivity index (χ1v) is 11.9. The molecule has 0 radical (unpaired) electrons. The van der Waals surface area contributed by atoms with Gasteiger partial charge in [-0.3, -0.25) is 14.8 Å². The highest BCUT2D eigenvalue weighted by atomic mass is 19.4. The van der Waals surface area contributed by atoms with Crippen LogP contribution in [0.4, 0.5) is 13.2 Å². The molecule has 2 aliphatic carbocycles. The van der Waals surface area contributed by atoms with E-state index in [1.807, 2.05) is 12.1 Å². The quantitative estimate of drug-likeness (QED) is 0.467. The summed E-state index contributed by atoms with van der Waals surface area (Å²) in [6.07, 6.45) is 7.33. The van der Waals surface area contributed by atoms with Gasteiger partial charge >= 0.3 is 6.18 Å². The molecule has 1 amide bonds. The van der Waals surface area contributed by atoms with Crippen LogP contribution >= 0.6 is 0 Å². The van der Waals surface area contributed by atoms with Crippen molar-refractivity contribution in [2.45, 2.75) is 56.2 Å². The van der Waals surface area contributed by atoms with Gasteiger partial charge in [-0.1, -0.05) is 35.9 Å². The Morgan fingerprint density at radius 2 is 1.83 bits per heavy atom. The molecular formula is C28H26F3N3O. The highest BCUT2D eigenvalue weighted by Crippen LogP contribution is 2.53. The van der Waals surface area contributed by atoms with Crippen molar-refractivity contribution in [3.05, 3.63) is 101 Å². The number of benzene rings is 1. The van der Waals surface area contributed by atoms with Crippen molar-refractivity contribution in [3.8, 4) is 0 Å². The number of allylic oxidation sites excluding steroid dienone is 1. The molecule has 2 heterocycles. The third kappa shape index (κ3) is 5.14. The lowest BCUT2D eigenvalue weighted by Gasteiger charge is -2.25. The van der Waals surface area contributed by atoms with Crippen LogP contribution in [0.25, 0.3) is 6.08 Å². The summed E-state index contributed by atoms with van der Waals surface area (Å²) >= 11 is 0. The Labute approximate surface area is 202 Å². The van der Waals surface area contributed by atoms with E-state index in [1.54, 1.807) is 24.5 Å². The average molecular weight is 478 g/mol. The highest BCUT2D eigenvalue weighted by Gasteiger charge is 2.47. The van der Waals surface area contributed by atoms with Gasteiger partial charge in [0.15, 0.2) is 0 Å². The molecule has 0 spiro atoms. The van der Waals surface area contributed by atoms with E-state index in [1.165, 1.54) is 11.6 Å². The molecule has 4 nitrogen and oxygen atoms in total. The number of carbonyl (C=O) groups excluding carboxylic acids is 1. The number of pyridine rings is 2. The van der Waals surface area contributed by atoms with Crippen LogP contribution in [-0.4, -0.2) is 21.9 Å². The van der Waals surface area contributed by atoms with Gasteiger partial charge in [0.2, 0.25) is 0 Å². The number of halogens is 3. The number of hydrogen-bond donors (Lipinski definition) is 1. The number of amides is 1. The molecule has 0 bridgehead atoms. The summed E-state index contributed by atoms with van der Waals surface area (Å²) in [4.78, 5) is 20.6. The van der Waals surface area contributed by atoms with Crippen molar-refractivity contribution < 1.29 is 18.0 Å². The summed E-state index contributed by atoms with van der Waals surface area (Å²) < 4.78 is 38.8. The molecule has 2 aromatic heterocycles. The van der Waals surface area contributed by atoms with Gasteiger partial charge in [0.05, 0.1) is 16.8 Å². The summed E-state index contributed by atoms with van der Waals surface area (Å²) in [5, 5.41) is 3.10. The Kier molecular flexibility index (Phi) is 6.17. The van der Waals surface area contributed by atoms with Crippen LogP contribution in [0.3, 0.4) is 0 Å². The first-order valence-electron chi connectivity index (χ1n) is 11.9. The van der Waals surface area contributed by atoms with Crippen molar-refractivity contribution in [2.75, 3.05) is 0 Å². The van der Waals surface area contributed by atoms with Gasteiger partial charge in [0, 0.05) is 30.0 Å². The SMILES string of the molecule is O=C(NC1CCC(=Cc2cccc(C3(c4ccc(C(F)(F)F)cn4)CC3)c2)CC1)c1cccnc1. The van der Waals surface area contributed by atoms with E-state index >= 15 is 0 Å². The Hall–Kier alpha value is -3.48. The number of carbonyl (C=O) groups is 1. The van der Waals surface area contributed by atoms with Crippen LogP contribution < -0.4 is 5.32 Å². The number of nitrogens with zero attached hydrogens (tertiary/aromatic N) is 2. The molecule has 5 rings (SSSR count). The molecule has 0 atom stereocenters. The lowest BCUT2D eigenvalue weighted by Crippen LogP contribution is -2.36. The van der Waals surface area contributed by atoms with E-state index in [0.717, 1.165) is 61.9 Å². The fraction of sp³-hybridized carbons (Fsp3) is 0.321. The van der Waals surface area contributed by atoms with Gasteiger partial charge in [0.1, 0.15) is 0 Å². The van der Waals surface area contributed by atoms with Gasteiger partial charge < -0.3 is 5.32 Å². The van der Waals surface area contributed by atoms with Crippen molar-refractivity contribution >= 4 is 12.0 Å². The van der Waals surface area contributed by atoms with E-state index in [2.05, 4.69) is 33.5 Å². The largest absolute Gasteiger partial charge is 0.417 e. The monoisotopic (exact) mass is 477 g/mol. The van der Waals surface area contributed by atoms with Gasteiger partial charge in [-0.25, -0.2) is 0 Å². The molecule has 0 unspecified atom stereocenters. The third-order valence-corrected chi connectivity index (χ3v) is 7.03. The second kappa shape index (κ2) is 9.29. The molecule has 0 aliphatic heterocycles. The Bertz CT molecular complexity index is 1220. The summed E-state index contributed by atoms with van der Waals surface area (Å²) in [6, 6.07) is 14.5. The lowest BCUT2D eigenvalue weighted by atomic mass is 9.87. The zero-order valence-corrected chi connectivity index (χ0v) is 19.2. The maximum atomic E-state index is 12.9. The molecule has 2 fully saturated rings. The van der Waals surface area contributed by atoms with Crippen LogP contribution in [0.1, 0.15) is 71.3 Å². The van der Waals surface area contributed by atoms with E-state index in [4.69, 9.17) is 0 Å². The van der Waals surface area contributed by atoms with Crippen LogP contribution in [-0.2, 0) is 11.6 Å².